The standard InChI is InChI=1S/C20H19F3N2O2/c21-16-7-6-12(9-17(16)22)19(26)25-10-13-3-1-4-14(11-25)20(13,27)15-5-2-8-24-18(15)23/h2,5-9,13-14,27H,1,3-4,10-11H2/t13-,14+,20?. The van der Waals surface area contributed by atoms with Gasteiger partial charge < -0.3 is 10.0 Å². The van der Waals surface area contributed by atoms with Crippen LogP contribution in [0.4, 0.5) is 13.2 Å². The molecule has 1 aromatic carbocycles. The van der Waals surface area contributed by atoms with Gasteiger partial charge >= 0.3 is 0 Å². The highest BCUT2D eigenvalue weighted by atomic mass is 19.2. The zero-order valence-corrected chi connectivity index (χ0v) is 14.5. The average Bonchev–Trinajstić information content (AvgIpc) is 2.63. The Morgan fingerprint density at radius 2 is 1.81 bits per heavy atom. The maximum Gasteiger partial charge on any atom is 0.253 e. The summed E-state index contributed by atoms with van der Waals surface area (Å²) in [6, 6.07) is 6.19. The van der Waals surface area contributed by atoms with Crippen LogP contribution in [0.2, 0.25) is 0 Å². The maximum atomic E-state index is 14.3. The van der Waals surface area contributed by atoms with E-state index in [0.717, 1.165) is 18.6 Å². The van der Waals surface area contributed by atoms with Crippen LogP contribution in [0, 0.1) is 29.4 Å². The number of carbonyl (C=O) groups is 1. The highest BCUT2D eigenvalue weighted by molar-refractivity contribution is 5.94. The van der Waals surface area contributed by atoms with Crippen LogP contribution in [0.15, 0.2) is 36.5 Å². The first-order valence-corrected chi connectivity index (χ1v) is 8.99. The van der Waals surface area contributed by atoms with Crippen molar-refractivity contribution < 1.29 is 23.1 Å². The van der Waals surface area contributed by atoms with Crippen molar-refractivity contribution in [1.82, 2.24) is 9.88 Å². The molecule has 3 atom stereocenters. The zero-order chi connectivity index (χ0) is 19.2. The Morgan fingerprint density at radius 3 is 2.44 bits per heavy atom. The van der Waals surface area contributed by atoms with Crippen molar-refractivity contribution in [2.75, 3.05) is 13.1 Å². The van der Waals surface area contributed by atoms with Crippen LogP contribution >= 0.6 is 0 Å². The van der Waals surface area contributed by atoms with Crippen molar-refractivity contribution in [2.24, 2.45) is 11.8 Å². The first-order chi connectivity index (χ1) is 12.9. The Bertz CT molecular complexity index is 875. The molecule has 2 aliphatic rings. The van der Waals surface area contributed by atoms with Crippen LogP contribution in [-0.4, -0.2) is 34.0 Å². The number of nitrogens with zero attached hydrogens (tertiary/aromatic N) is 2. The van der Waals surface area contributed by atoms with Gasteiger partial charge in [0.1, 0.15) is 5.60 Å². The lowest BCUT2D eigenvalue weighted by Crippen LogP contribution is -2.59. The number of rotatable bonds is 2. The second-order valence-corrected chi connectivity index (χ2v) is 7.33. The molecule has 4 rings (SSSR count). The van der Waals surface area contributed by atoms with E-state index in [4.69, 9.17) is 0 Å². The molecule has 1 N–H and O–H groups in total. The molecule has 2 heterocycles. The lowest BCUT2D eigenvalue weighted by molar-refractivity contribution is -0.141. The molecule has 1 saturated carbocycles. The molecule has 1 aliphatic carbocycles. The van der Waals surface area contributed by atoms with Gasteiger partial charge in [0.2, 0.25) is 5.95 Å². The molecule has 1 aromatic heterocycles. The molecule has 27 heavy (non-hydrogen) atoms. The van der Waals surface area contributed by atoms with Crippen LogP contribution < -0.4 is 0 Å². The van der Waals surface area contributed by atoms with Crippen LogP contribution in [0.1, 0.15) is 35.2 Å². The summed E-state index contributed by atoms with van der Waals surface area (Å²) in [6.07, 6.45) is 3.50. The van der Waals surface area contributed by atoms with Crippen molar-refractivity contribution in [2.45, 2.75) is 24.9 Å². The first-order valence-electron chi connectivity index (χ1n) is 8.99. The fourth-order valence-electron chi connectivity index (χ4n) is 4.55. The Morgan fingerprint density at radius 1 is 1.11 bits per heavy atom. The number of likely N-dealkylation sites (tertiary alicyclic amines) is 1. The van der Waals surface area contributed by atoms with Gasteiger partial charge in [-0.05, 0) is 37.1 Å². The minimum absolute atomic E-state index is 0.0602. The zero-order valence-electron chi connectivity index (χ0n) is 14.5. The van der Waals surface area contributed by atoms with E-state index in [1.54, 1.807) is 17.0 Å². The SMILES string of the molecule is O=C(c1ccc(F)c(F)c1)N1C[C@H]2CCC[C@@H](C1)C2(O)c1cccnc1F. The highest BCUT2D eigenvalue weighted by Gasteiger charge is 2.53. The van der Waals surface area contributed by atoms with E-state index in [9.17, 15) is 23.1 Å². The summed E-state index contributed by atoms with van der Waals surface area (Å²) in [5, 5.41) is 11.4. The molecule has 7 heteroatoms. The van der Waals surface area contributed by atoms with E-state index in [1.807, 2.05) is 0 Å². The second kappa shape index (κ2) is 6.64. The van der Waals surface area contributed by atoms with Gasteiger partial charge in [-0.3, -0.25) is 4.79 Å². The fourth-order valence-corrected chi connectivity index (χ4v) is 4.55. The average molecular weight is 376 g/mol. The Labute approximate surface area is 154 Å². The molecule has 1 unspecified atom stereocenters. The number of fused-ring (bicyclic) bond motifs is 2. The van der Waals surface area contributed by atoms with Gasteiger partial charge in [0.25, 0.3) is 5.91 Å². The highest BCUT2D eigenvalue weighted by Crippen LogP contribution is 2.49. The topological polar surface area (TPSA) is 53.4 Å². The number of halogens is 3. The maximum absolute atomic E-state index is 14.3. The third-order valence-corrected chi connectivity index (χ3v) is 5.88. The predicted molar refractivity (Wildman–Crippen MR) is 91.2 cm³/mol. The monoisotopic (exact) mass is 376 g/mol. The molecule has 2 bridgehead atoms. The molecule has 0 spiro atoms. The van der Waals surface area contributed by atoms with Gasteiger partial charge in [-0.15, -0.1) is 0 Å². The number of carbonyl (C=O) groups excluding carboxylic acids is 1. The number of hydrogen-bond donors (Lipinski definition) is 1. The number of pyridine rings is 1. The van der Waals surface area contributed by atoms with E-state index in [0.29, 0.717) is 12.8 Å². The summed E-state index contributed by atoms with van der Waals surface area (Å²) in [6.45, 7) is 0.443. The molecule has 4 nitrogen and oxygen atoms in total. The Hall–Kier alpha value is -2.41. The summed E-state index contributed by atoms with van der Waals surface area (Å²) < 4.78 is 40.9. The number of piperidine rings is 1. The molecule has 1 saturated heterocycles. The minimum Gasteiger partial charge on any atom is -0.384 e. The molecule has 2 fully saturated rings. The molecule has 1 amide bonds. The molecule has 0 radical (unpaired) electrons. The third kappa shape index (κ3) is 2.90. The van der Waals surface area contributed by atoms with Crippen molar-refractivity contribution >= 4 is 5.91 Å². The minimum atomic E-state index is -1.39. The first kappa shape index (κ1) is 18.0. The van der Waals surface area contributed by atoms with E-state index in [2.05, 4.69) is 4.98 Å². The molecule has 142 valence electrons. The van der Waals surface area contributed by atoms with Crippen LogP contribution in [0.5, 0.6) is 0 Å². The Balaban J connectivity index is 1.64. The van der Waals surface area contributed by atoms with E-state index in [1.165, 1.54) is 12.3 Å². The quantitative estimate of drug-likeness (QED) is 0.819. The smallest absolute Gasteiger partial charge is 0.253 e. The summed E-state index contributed by atoms with van der Waals surface area (Å²) in [5.41, 5.74) is -1.16. The molecular formula is C20H19F3N2O2. The van der Waals surface area contributed by atoms with Crippen LogP contribution in [-0.2, 0) is 5.60 Å². The number of aliphatic hydroxyl groups is 1. The molecule has 2 aromatic rings. The van der Waals surface area contributed by atoms with E-state index in [-0.39, 0.29) is 36.1 Å². The van der Waals surface area contributed by atoms with Gasteiger partial charge in [-0.1, -0.05) is 12.5 Å². The van der Waals surface area contributed by atoms with Crippen molar-refractivity contribution in [3.8, 4) is 0 Å². The Kier molecular flexibility index (Phi) is 4.42. The largest absolute Gasteiger partial charge is 0.384 e. The number of aromatic nitrogens is 1. The van der Waals surface area contributed by atoms with Gasteiger partial charge in [0.05, 0.1) is 0 Å². The molecular weight excluding hydrogens is 357 g/mol. The normalized spacial score (nSPS) is 27.5. The lowest BCUT2D eigenvalue weighted by atomic mass is 9.62. The number of amides is 1. The number of benzene rings is 1. The second-order valence-electron chi connectivity index (χ2n) is 7.33. The van der Waals surface area contributed by atoms with Crippen molar-refractivity contribution in [3.05, 3.63) is 65.2 Å². The summed E-state index contributed by atoms with van der Waals surface area (Å²) in [4.78, 5) is 18.0. The van der Waals surface area contributed by atoms with Crippen LogP contribution in [0.25, 0.3) is 0 Å². The number of hydrogen-bond acceptors (Lipinski definition) is 3. The summed E-state index contributed by atoms with van der Waals surface area (Å²) in [5.74, 6) is -3.90. The van der Waals surface area contributed by atoms with Gasteiger partial charge in [0.15, 0.2) is 11.6 Å². The van der Waals surface area contributed by atoms with Crippen molar-refractivity contribution in [3.63, 3.8) is 0 Å². The van der Waals surface area contributed by atoms with Gasteiger partial charge in [-0.25, -0.2) is 13.8 Å². The third-order valence-electron chi connectivity index (χ3n) is 5.88. The summed E-state index contributed by atoms with van der Waals surface area (Å²) >= 11 is 0. The van der Waals surface area contributed by atoms with E-state index >= 15 is 0 Å². The van der Waals surface area contributed by atoms with Crippen LogP contribution in [0.3, 0.4) is 0 Å². The van der Waals surface area contributed by atoms with Crippen molar-refractivity contribution in [1.29, 1.82) is 0 Å². The lowest BCUT2D eigenvalue weighted by Gasteiger charge is -2.53. The predicted octanol–water partition coefficient (Wildman–Crippen LogP) is 3.26. The summed E-state index contributed by atoms with van der Waals surface area (Å²) in [7, 11) is 0. The van der Waals surface area contributed by atoms with Gasteiger partial charge in [-0.2, -0.15) is 4.39 Å². The van der Waals surface area contributed by atoms with Gasteiger partial charge in [0, 0.05) is 42.2 Å². The molecule has 1 aliphatic heterocycles. The van der Waals surface area contributed by atoms with E-state index < -0.39 is 29.1 Å². The fraction of sp³-hybridized carbons (Fsp3) is 0.400.